The Morgan fingerprint density at radius 3 is 2.50 bits per heavy atom. The van der Waals surface area contributed by atoms with Crippen LogP contribution in [-0.4, -0.2) is 17.5 Å². The Kier molecular flexibility index (Phi) is 5.01. The van der Waals surface area contributed by atoms with E-state index in [9.17, 15) is 0 Å². The van der Waals surface area contributed by atoms with Crippen molar-refractivity contribution >= 4 is 12.2 Å². The van der Waals surface area contributed by atoms with E-state index in [4.69, 9.17) is 4.18 Å². The van der Waals surface area contributed by atoms with Gasteiger partial charge in [0.25, 0.3) is 0 Å². The zero-order valence-corrected chi connectivity index (χ0v) is 9.75. The van der Waals surface area contributed by atoms with Gasteiger partial charge in [-0.15, -0.1) is 0 Å². The van der Waals surface area contributed by atoms with E-state index in [1.54, 1.807) is 0 Å². The Morgan fingerprint density at radius 1 is 1.29 bits per heavy atom. The van der Waals surface area contributed by atoms with Gasteiger partial charge >= 0.3 is 0 Å². The Bertz CT molecular complexity index is 251. The maximum atomic E-state index is 5.42. The average Bonchev–Trinajstić information content (AvgIpc) is 2.16. The Hall–Kier alpha value is -0.510. The van der Waals surface area contributed by atoms with Gasteiger partial charge in [0.05, 0.1) is 18.3 Å². The average molecular weight is 211 g/mol. The molecule has 0 heterocycles. The second kappa shape index (κ2) is 6.06. The van der Waals surface area contributed by atoms with E-state index in [2.05, 4.69) is 28.6 Å². The maximum absolute atomic E-state index is 5.42. The molecule has 2 nitrogen and oxygen atoms in total. The van der Waals surface area contributed by atoms with E-state index < -0.39 is 0 Å². The quantitative estimate of drug-likeness (QED) is 0.548. The van der Waals surface area contributed by atoms with Crippen LogP contribution in [0.2, 0.25) is 0 Å². The highest BCUT2D eigenvalue weighted by molar-refractivity contribution is 7.92. The van der Waals surface area contributed by atoms with Gasteiger partial charge in [-0.05, 0) is 26.5 Å². The molecule has 0 radical (unpaired) electrons. The number of rotatable bonds is 5. The first-order valence-corrected chi connectivity index (χ1v) is 5.47. The predicted molar refractivity (Wildman–Crippen MR) is 61.7 cm³/mol. The largest absolute Gasteiger partial charge is 0.298 e. The third-order valence-corrected chi connectivity index (χ3v) is 2.47. The first-order chi connectivity index (χ1) is 6.68. The Morgan fingerprint density at radius 2 is 1.93 bits per heavy atom. The summed E-state index contributed by atoms with van der Waals surface area (Å²) in [6, 6.07) is 10.4. The molecule has 0 unspecified atom stereocenters. The normalized spacial score (nSPS) is 11.2. The van der Waals surface area contributed by atoms with Crippen molar-refractivity contribution in [1.29, 1.82) is 0 Å². The molecule has 0 amide bonds. The van der Waals surface area contributed by atoms with Gasteiger partial charge in [0.15, 0.2) is 0 Å². The van der Waals surface area contributed by atoms with E-state index >= 15 is 0 Å². The Labute approximate surface area is 90.6 Å². The summed E-state index contributed by atoms with van der Waals surface area (Å²) >= 11 is 1.41. The lowest BCUT2D eigenvalue weighted by Crippen LogP contribution is -2.11. The van der Waals surface area contributed by atoms with E-state index in [0.717, 1.165) is 6.54 Å². The van der Waals surface area contributed by atoms with Crippen LogP contribution >= 0.6 is 12.2 Å². The highest BCUT2D eigenvalue weighted by Gasteiger charge is 2.02. The predicted octanol–water partition coefficient (Wildman–Crippen LogP) is 3.11. The summed E-state index contributed by atoms with van der Waals surface area (Å²) in [5.74, 6) is 0. The number of benzene rings is 1. The molecule has 3 heteroatoms. The molecule has 1 aromatic carbocycles. The van der Waals surface area contributed by atoms with Crippen LogP contribution in [0.1, 0.15) is 19.4 Å². The molecule has 0 aliphatic heterocycles. The van der Waals surface area contributed by atoms with E-state index in [1.807, 2.05) is 27.0 Å². The fourth-order valence-electron chi connectivity index (χ4n) is 1.03. The van der Waals surface area contributed by atoms with Crippen LogP contribution in [0.5, 0.6) is 0 Å². The van der Waals surface area contributed by atoms with E-state index in [-0.39, 0.29) is 6.10 Å². The summed E-state index contributed by atoms with van der Waals surface area (Å²) in [5, 5.41) is 0. The molecule has 0 fully saturated rings. The van der Waals surface area contributed by atoms with Crippen molar-refractivity contribution in [2.45, 2.75) is 26.5 Å². The van der Waals surface area contributed by atoms with Gasteiger partial charge in [0.2, 0.25) is 0 Å². The van der Waals surface area contributed by atoms with Crippen LogP contribution in [0.4, 0.5) is 0 Å². The maximum Gasteiger partial charge on any atom is 0.0822 e. The summed E-state index contributed by atoms with van der Waals surface area (Å²) in [6.45, 7) is 4.96. The molecule has 0 aliphatic carbocycles. The van der Waals surface area contributed by atoms with Crippen molar-refractivity contribution in [3.63, 3.8) is 0 Å². The second-order valence-corrected chi connectivity index (χ2v) is 4.46. The standard InChI is InChI=1S/C11H17NOS/c1-10(2)13-14-12(3)9-11-7-5-4-6-8-11/h4-8,10H,9H2,1-3H3. The van der Waals surface area contributed by atoms with Gasteiger partial charge in [0, 0.05) is 6.54 Å². The molecular weight excluding hydrogens is 194 g/mol. The van der Waals surface area contributed by atoms with Crippen molar-refractivity contribution in [3.8, 4) is 0 Å². The van der Waals surface area contributed by atoms with Crippen LogP contribution in [-0.2, 0) is 10.7 Å². The minimum atomic E-state index is 0.262. The summed E-state index contributed by atoms with van der Waals surface area (Å²) in [5.41, 5.74) is 1.30. The minimum Gasteiger partial charge on any atom is -0.298 e. The van der Waals surface area contributed by atoms with Crippen molar-refractivity contribution in [2.24, 2.45) is 0 Å². The first kappa shape index (κ1) is 11.6. The van der Waals surface area contributed by atoms with E-state index in [1.165, 1.54) is 17.8 Å². The lowest BCUT2D eigenvalue weighted by molar-refractivity contribution is 0.272. The molecule has 0 N–H and O–H groups in total. The zero-order valence-electron chi connectivity index (χ0n) is 8.93. The van der Waals surface area contributed by atoms with Crippen LogP contribution in [0.15, 0.2) is 30.3 Å². The number of hydrogen-bond donors (Lipinski definition) is 0. The molecule has 1 aromatic rings. The number of hydrogen-bond acceptors (Lipinski definition) is 3. The van der Waals surface area contributed by atoms with E-state index in [0.29, 0.717) is 0 Å². The molecule has 0 bridgehead atoms. The van der Waals surface area contributed by atoms with Crippen molar-refractivity contribution in [1.82, 2.24) is 4.31 Å². The van der Waals surface area contributed by atoms with Crippen LogP contribution < -0.4 is 0 Å². The van der Waals surface area contributed by atoms with Gasteiger partial charge < -0.3 is 0 Å². The van der Waals surface area contributed by atoms with Gasteiger partial charge in [-0.1, -0.05) is 30.3 Å². The third kappa shape index (κ3) is 4.65. The topological polar surface area (TPSA) is 12.5 Å². The third-order valence-electron chi connectivity index (χ3n) is 1.61. The molecule has 14 heavy (non-hydrogen) atoms. The van der Waals surface area contributed by atoms with Gasteiger partial charge in [0.1, 0.15) is 0 Å². The summed E-state index contributed by atoms with van der Waals surface area (Å²) in [6.07, 6.45) is 0.262. The Balaban J connectivity index is 2.30. The monoisotopic (exact) mass is 211 g/mol. The molecule has 0 aliphatic rings. The molecule has 1 rings (SSSR count). The summed E-state index contributed by atoms with van der Waals surface area (Å²) in [7, 11) is 2.03. The first-order valence-electron chi connectivity index (χ1n) is 4.77. The van der Waals surface area contributed by atoms with Crippen molar-refractivity contribution < 1.29 is 4.18 Å². The van der Waals surface area contributed by atoms with Crippen LogP contribution in [0.25, 0.3) is 0 Å². The molecular formula is C11H17NOS. The highest BCUT2D eigenvalue weighted by atomic mass is 32.2. The minimum absolute atomic E-state index is 0.262. The zero-order chi connectivity index (χ0) is 10.4. The van der Waals surface area contributed by atoms with Crippen molar-refractivity contribution in [2.75, 3.05) is 7.05 Å². The molecule has 0 spiro atoms. The summed E-state index contributed by atoms with van der Waals surface area (Å²) < 4.78 is 7.50. The smallest absolute Gasteiger partial charge is 0.0822 e. The van der Waals surface area contributed by atoms with Gasteiger partial charge in [-0.3, -0.25) is 4.18 Å². The molecule has 0 saturated carbocycles. The molecule has 0 aromatic heterocycles. The van der Waals surface area contributed by atoms with Crippen molar-refractivity contribution in [3.05, 3.63) is 35.9 Å². The van der Waals surface area contributed by atoms with Crippen LogP contribution in [0, 0.1) is 0 Å². The highest BCUT2D eigenvalue weighted by Crippen LogP contribution is 2.15. The SMILES string of the molecule is CC(C)OSN(C)Cc1ccccc1. The summed E-state index contributed by atoms with van der Waals surface area (Å²) in [4.78, 5) is 0. The van der Waals surface area contributed by atoms with Gasteiger partial charge in [-0.2, -0.15) is 0 Å². The molecule has 78 valence electrons. The second-order valence-electron chi connectivity index (χ2n) is 3.49. The molecule has 0 saturated heterocycles. The fraction of sp³-hybridized carbons (Fsp3) is 0.455. The molecule has 0 atom stereocenters. The lowest BCUT2D eigenvalue weighted by Gasteiger charge is -2.15. The number of nitrogens with zero attached hydrogens (tertiary/aromatic N) is 1. The van der Waals surface area contributed by atoms with Crippen LogP contribution in [0.3, 0.4) is 0 Å². The fourth-order valence-corrected chi connectivity index (χ4v) is 1.55. The van der Waals surface area contributed by atoms with Gasteiger partial charge in [-0.25, -0.2) is 4.31 Å². The lowest BCUT2D eigenvalue weighted by atomic mass is 10.2.